The lowest BCUT2D eigenvalue weighted by molar-refractivity contribution is 0.759. The molecule has 0 spiro atoms. The minimum Gasteiger partial charge on any atom is -0.342 e. The van der Waals surface area contributed by atoms with Gasteiger partial charge in [0.25, 0.3) is 0 Å². The summed E-state index contributed by atoms with van der Waals surface area (Å²) in [6.45, 7) is 8.77. The van der Waals surface area contributed by atoms with Crippen LogP contribution in [0.4, 0.5) is 0 Å². The van der Waals surface area contributed by atoms with Gasteiger partial charge in [-0.25, -0.2) is 4.98 Å². The molecule has 0 amide bonds. The quantitative estimate of drug-likeness (QED) is 0.702. The van der Waals surface area contributed by atoms with Gasteiger partial charge in [0.15, 0.2) is 7.28 Å². The van der Waals surface area contributed by atoms with E-state index in [0.29, 0.717) is 5.31 Å². The summed E-state index contributed by atoms with van der Waals surface area (Å²) in [6.07, 6.45) is 0. The lowest BCUT2D eigenvalue weighted by Crippen LogP contribution is -2.22. The molecule has 0 unspecified atom stereocenters. The predicted octanol–water partition coefficient (Wildman–Crippen LogP) is 2.15. The van der Waals surface area contributed by atoms with Gasteiger partial charge in [0.05, 0.1) is 11.0 Å². The number of fused-ring (bicyclic) bond motifs is 1. The molecular weight excluding hydrogens is 183 g/mol. The molecule has 0 aliphatic heterocycles. The number of nitrogens with one attached hydrogen (secondary N) is 1. The molecule has 0 atom stereocenters. The highest BCUT2D eigenvalue weighted by atomic mass is 14.9. The molecule has 0 aliphatic carbocycles. The SMILES string of the molecule is Cc1nc2ccc(BC(C)(C)C)cc2[nH]1. The summed E-state index contributed by atoms with van der Waals surface area (Å²) in [6, 6.07) is 6.48. The van der Waals surface area contributed by atoms with Crippen LogP contribution in [0, 0.1) is 6.92 Å². The molecular formula is C12H17BN2. The molecule has 3 heteroatoms. The first-order chi connectivity index (χ1) is 6.94. The molecule has 2 nitrogen and oxygen atoms in total. The number of hydrogen-bond donors (Lipinski definition) is 1. The Balaban J connectivity index is 2.38. The Bertz CT molecular complexity index is 480. The smallest absolute Gasteiger partial charge is 0.163 e. The lowest BCUT2D eigenvalue weighted by Gasteiger charge is -2.16. The Morgan fingerprint density at radius 2 is 2.00 bits per heavy atom. The maximum Gasteiger partial charge on any atom is 0.163 e. The zero-order chi connectivity index (χ0) is 11.1. The van der Waals surface area contributed by atoms with Crippen molar-refractivity contribution in [3.8, 4) is 0 Å². The van der Waals surface area contributed by atoms with Crippen molar-refractivity contribution < 1.29 is 0 Å². The summed E-state index contributed by atoms with van der Waals surface area (Å²) in [5.41, 5.74) is 3.58. The number of nitrogens with zero attached hydrogens (tertiary/aromatic N) is 1. The zero-order valence-electron chi connectivity index (χ0n) is 9.89. The summed E-state index contributed by atoms with van der Waals surface area (Å²) in [7, 11) is 1.10. The monoisotopic (exact) mass is 200 g/mol. The fourth-order valence-electron chi connectivity index (χ4n) is 1.91. The van der Waals surface area contributed by atoms with Crippen molar-refractivity contribution in [2.75, 3.05) is 0 Å². The van der Waals surface area contributed by atoms with Crippen LogP contribution >= 0.6 is 0 Å². The van der Waals surface area contributed by atoms with Gasteiger partial charge >= 0.3 is 0 Å². The number of aromatic amines is 1. The Morgan fingerprint density at radius 3 is 2.67 bits per heavy atom. The minimum atomic E-state index is 0.336. The summed E-state index contributed by atoms with van der Waals surface area (Å²) in [5.74, 6) is 0.984. The molecule has 0 radical (unpaired) electrons. The lowest BCUT2D eigenvalue weighted by atomic mass is 9.51. The molecule has 0 saturated heterocycles. The van der Waals surface area contributed by atoms with Crippen molar-refractivity contribution >= 4 is 23.8 Å². The Morgan fingerprint density at radius 1 is 1.27 bits per heavy atom. The van der Waals surface area contributed by atoms with Gasteiger partial charge in [-0.15, -0.1) is 0 Å². The maximum atomic E-state index is 4.40. The van der Waals surface area contributed by atoms with Crippen LogP contribution in [0.1, 0.15) is 26.6 Å². The number of aryl methyl sites for hydroxylation is 1. The molecule has 0 fully saturated rings. The summed E-state index contributed by atoms with van der Waals surface area (Å²) >= 11 is 0. The number of hydrogen-bond acceptors (Lipinski definition) is 1. The third-order valence-electron chi connectivity index (χ3n) is 2.40. The van der Waals surface area contributed by atoms with Crippen LogP contribution in [0.3, 0.4) is 0 Å². The molecule has 0 saturated carbocycles. The summed E-state index contributed by atoms with van der Waals surface area (Å²) < 4.78 is 0. The Labute approximate surface area is 91.4 Å². The highest BCUT2D eigenvalue weighted by molar-refractivity contribution is 6.56. The summed E-state index contributed by atoms with van der Waals surface area (Å²) in [4.78, 5) is 7.67. The predicted molar refractivity (Wildman–Crippen MR) is 67.3 cm³/mol. The second-order valence-electron chi connectivity index (χ2n) is 5.41. The Kier molecular flexibility index (Phi) is 2.33. The van der Waals surface area contributed by atoms with Gasteiger partial charge in [-0.1, -0.05) is 37.6 Å². The normalized spacial score (nSPS) is 12.0. The van der Waals surface area contributed by atoms with Crippen molar-refractivity contribution in [1.82, 2.24) is 9.97 Å². The van der Waals surface area contributed by atoms with Crippen molar-refractivity contribution in [1.29, 1.82) is 0 Å². The third kappa shape index (κ3) is 2.41. The van der Waals surface area contributed by atoms with Crippen LogP contribution < -0.4 is 5.46 Å². The first-order valence-corrected chi connectivity index (χ1v) is 5.39. The molecule has 0 aliphatic rings. The van der Waals surface area contributed by atoms with Gasteiger partial charge in [-0.05, 0) is 19.1 Å². The largest absolute Gasteiger partial charge is 0.342 e. The third-order valence-corrected chi connectivity index (χ3v) is 2.40. The van der Waals surface area contributed by atoms with Gasteiger partial charge in [0.2, 0.25) is 0 Å². The molecule has 1 N–H and O–H groups in total. The standard InChI is InChI=1S/C12H17BN2/c1-8-14-10-6-5-9(7-11(10)15-8)13-12(2,3)4/h5-7,13H,1-4H3,(H,14,15). The van der Waals surface area contributed by atoms with E-state index in [-0.39, 0.29) is 0 Å². The van der Waals surface area contributed by atoms with Crippen LogP contribution in [-0.2, 0) is 0 Å². The number of benzene rings is 1. The van der Waals surface area contributed by atoms with E-state index in [0.717, 1.165) is 24.1 Å². The van der Waals surface area contributed by atoms with Crippen LogP contribution in [0.15, 0.2) is 18.2 Å². The van der Waals surface area contributed by atoms with Crippen LogP contribution in [0.5, 0.6) is 0 Å². The zero-order valence-corrected chi connectivity index (χ0v) is 9.89. The van der Waals surface area contributed by atoms with E-state index in [9.17, 15) is 0 Å². The van der Waals surface area contributed by atoms with E-state index in [1.807, 2.05) is 6.92 Å². The van der Waals surface area contributed by atoms with E-state index >= 15 is 0 Å². The molecule has 2 rings (SSSR count). The second kappa shape index (κ2) is 3.40. The second-order valence-corrected chi connectivity index (χ2v) is 5.41. The summed E-state index contributed by atoms with van der Waals surface area (Å²) in [5, 5.41) is 0.336. The number of H-pyrrole nitrogens is 1. The van der Waals surface area contributed by atoms with Crippen molar-refractivity contribution in [2.24, 2.45) is 0 Å². The number of rotatable bonds is 1. The fourth-order valence-corrected chi connectivity index (χ4v) is 1.91. The topological polar surface area (TPSA) is 28.7 Å². The molecule has 15 heavy (non-hydrogen) atoms. The van der Waals surface area contributed by atoms with E-state index in [4.69, 9.17) is 0 Å². The molecule has 1 aromatic carbocycles. The Hall–Kier alpha value is -1.25. The van der Waals surface area contributed by atoms with Crippen LogP contribution in [0.25, 0.3) is 11.0 Å². The van der Waals surface area contributed by atoms with E-state index < -0.39 is 0 Å². The first-order valence-electron chi connectivity index (χ1n) is 5.39. The molecule has 1 heterocycles. The van der Waals surface area contributed by atoms with Crippen molar-refractivity contribution in [2.45, 2.75) is 33.0 Å². The average Bonchev–Trinajstić information content (AvgIpc) is 2.40. The molecule has 0 bridgehead atoms. The average molecular weight is 200 g/mol. The van der Waals surface area contributed by atoms with Gasteiger partial charge in [0.1, 0.15) is 5.82 Å². The van der Waals surface area contributed by atoms with Gasteiger partial charge < -0.3 is 4.98 Å². The van der Waals surface area contributed by atoms with Gasteiger partial charge in [0, 0.05) is 0 Å². The number of aromatic nitrogens is 2. The minimum absolute atomic E-state index is 0.336. The highest BCUT2D eigenvalue weighted by Gasteiger charge is 2.14. The van der Waals surface area contributed by atoms with Gasteiger partial charge in [-0.3, -0.25) is 0 Å². The molecule has 2 aromatic rings. The van der Waals surface area contributed by atoms with Gasteiger partial charge in [-0.2, -0.15) is 0 Å². The molecule has 1 aromatic heterocycles. The van der Waals surface area contributed by atoms with Crippen molar-refractivity contribution in [3.05, 3.63) is 24.0 Å². The molecule has 78 valence electrons. The van der Waals surface area contributed by atoms with Crippen LogP contribution in [0.2, 0.25) is 5.31 Å². The van der Waals surface area contributed by atoms with E-state index in [1.165, 1.54) is 5.46 Å². The van der Waals surface area contributed by atoms with E-state index in [2.05, 4.69) is 48.9 Å². The first kappa shape index (κ1) is 10.3. The van der Waals surface area contributed by atoms with Crippen molar-refractivity contribution in [3.63, 3.8) is 0 Å². The van der Waals surface area contributed by atoms with Crippen LogP contribution in [-0.4, -0.2) is 17.2 Å². The van der Waals surface area contributed by atoms with E-state index in [1.54, 1.807) is 0 Å². The maximum absolute atomic E-state index is 4.40. The fraction of sp³-hybridized carbons (Fsp3) is 0.417. The highest BCUT2D eigenvalue weighted by Crippen LogP contribution is 2.20. The number of imidazole rings is 1.